The first-order chi connectivity index (χ1) is 8.38. The molecule has 0 aliphatic heterocycles. The fourth-order valence-electron chi connectivity index (χ4n) is 2.14. The summed E-state index contributed by atoms with van der Waals surface area (Å²) in [4.78, 5) is 0. The van der Waals surface area contributed by atoms with Crippen LogP contribution in [-0.2, 0) is 9.84 Å². The molecule has 0 saturated heterocycles. The van der Waals surface area contributed by atoms with Crippen LogP contribution in [0, 0.1) is 6.92 Å². The number of aliphatic hydroxyl groups is 1. The zero-order valence-corrected chi connectivity index (χ0v) is 11.2. The number of fused-ring (bicyclic) bond motifs is 1. The van der Waals surface area contributed by atoms with Gasteiger partial charge in [-0.2, -0.15) is 0 Å². The summed E-state index contributed by atoms with van der Waals surface area (Å²) in [6.45, 7) is 2.00. The average Bonchev–Trinajstić information content (AvgIpc) is 2.27. The third kappa shape index (κ3) is 2.71. The molecule has 2 aromatic rings. The second-order valence-electron chi connectivity index (χ2n) is 4.63. The molecular weight excluding hydrogens is 248 g/mol. The predicted octanol–water partition coefficient (Wildman–Crippen LogP) is 2.23. The average molecular weight is 264 g/mol. The maximum absolute atomic E-state index is 11.3. The second-order valence-corrected chi connectivity index (χ2v) is 6.81. The van der Waals surface area contributed by atoms with Gasteiger partial charge in [0, 0.05) is 6.26 Å². The molecule has 1 atom stereocenters. The molecule has 2 rings (SSSR count). The van der Waals surface area contributed by atoms with E-state index in [1.165, 1.54) is 0 Å². The lowest BCUT2D eigenvalue weighted by Gasteiger charge is -2.14. The fraction of sp³-hybridized carbons (Fsp3) is 0.286. The molecule has 0 aromatic heterocycles. The lowest BCUT2D eigenvalue weighted by Crippen LogP contribution is -2.13. The van der Waals surface area contributed by atoms with Crippen molar-refractivity contribution in [1.82, 2.24) is 0 Å². The van der Waals surface area contributed by atoms with E-state index in [-0.39, 0.29) is 5.75 Å². The quantitative estimate of drug-likeness (QED) is 0.925. The predicted molar refractivity (Wildman–Crippen MR) is 73.4 cm³/mol. The Morgan fingerprint density at radius 3 is 2.33 bits per heavy atom. The third-order valence-electron chi connectivity index (χ3n) is 3.00. The highest BCUT2D eigenvalue weighted by atomic mass is 32.2. The highest BCUT2D eigenvalue weighted by Gasteiger charge is 2.17. The Labute approximate surface area is 107 Å². The zero-order chi connectivity index (χ0) is 13.3. The number of hydrogen-bond acceptors (Lipinski definition) is 3. The molecular formula is C14H16O3S. The Balaban J connectivity index is 2.55. The summed E-state index contributed by atoms with van der Waals surface area (Å²) in [5, 5.41) is 12.0. The van der Waals surface area contributed by atoms with Gasteiger partial charge in [-0.25, -0.2) is 8.42 Å². The normalized spacial score (nSPS) is 13.7. The summed E-state index contributed by atoms with van der Waals surface area (Å²) in [6.07, 6.45) is 0.151. The molecule has 0 aliphatic carbocycles. The van der Waals surface area contributed by atoms with E-state index in [1.807, 2.05) is 37.3 Å². The monoisotopic (exact) mass is 264 g/mol. The van der Waals surface area contributed by atoms with Gasteiger partial charge in [-0.15, -0.1) is 0 Å². The fourth-order valence-corrected chi connectivity index (χ4v) is 2.89. The Bertz CT molecular complexity index is 674. The van der Waals surface area contributed by atoms with Crippen LogP contribution in [0.25, 0.3) is 10.8 Å². The summed E-state index contributed by atoms with van der Waals surface area (Å²) in [6, 6.07) is 11.4. The summed E-state index contributed by atoms with van der Waals surface area (Å²) >= 11 is 0. The minimum Gasteiger partial charge on any atom is -0.387 e. The van der Waals surface area contributed by atoms with Gasteiger partial charge in [0.05, 0.1) is 11.9 Å². The van der Waals surface area contributed by atoms with Gasteiger partial charge < -0.3 is 5.11 Å². The van der Waals surface area contributed by atoms with Crippen molar-refractivity contribution < 1.29 is 13.5 Å². The molecule has 0 aliphatic rings. The van der Waals surface area contributed by atoms with Crippen LogP contribution >= 0.6 is 0 Å². The van der Waals surface area contributed by atoms with Crippen molar-refractivity contribution in [1.29, 1.82) is 0 Å². The molecule has 3 nitrogen and oxygen atoms in total. The van der Waals surface area contributed by atoms with Gasteiger partial charge in [-0.3, -0.25) is 0 Å². The van der Waals surface area contributed by atoms with Gasteiger partial charge in [-0.05, 0) is 28.8 Å². The molecule has 0 saturated carbocycles. The molecule has 0 amide bonds. The van der Waals surface area contributed by atoms with Crippen molar-refractivity contribution in [2.45, 2.75) is 13.0 Å². The first-order valence-electron chi connectivity index (χ1n) is 5.72. The molecule has 2 aromatic carbocycles. The van der Waals surface area contributed by atoms with Crippen LogP contribution < -0.4 is 0 Å². The SMILES string of the molecule is Cc1ccc(C(O)CS(C)(=O)=O)c2ccccc12. The molecule has 0 spiro atoms. The van der Waals surface area contributed by atoms with Crippen LogP contribution in [0.15, 0.2) is 36.4 Å². The van der Waals surface area contributed by atoms with Gasteiger partial charge in [0.25, 0.3) is 0 Å². The van der Waals surface area contributed by atoms with Crippen LogP contribution in [0.2, 0.25) is 0 Å². The Morgan fingerprint density at radius 1 is 1.11 bits per heavy atom. The lowest BCUT2D eigenvalue weighted by molar-refractivity contribution is 0.203. The van der Waals surface area contributed by atoms with Crippen molar-refractivity contribution in [3.8, 4) is 0 Å². The van der Waals surface area contributed by atoms with Crippen molar-refractivity contribution in [3.05, 3.63) is 47.5 Å². The standard InChI is InChI=1S/C14H16O3S/c1-10-7-8-13(14(15)9-18(2,16)17)12-6-4-3-5-11(10)12/h3-8,14-15H,9H2,1-2H3. The summed E-state index contributed by atoms with van der Waals surface area (Å²) < 4.78 is 22.5. The van der Waals surface area contributed by atoms with Crippen molar-refractivity contribution in [2.75, 3.05) is 12.0 Å². The molecule has 0 heterocycles. The van der Waals surface area contributed by atoms with Gasteiger partial charge in [0.2, 0.25) is 0 Å². The number of benzene rings is 2. The number of aliphatic hydroxyl groups excluding tert-OH is 1. The topological polar surface area (TPSA) is 54.4 Å². The highest BCUT2D eigenvalue weighted by Crippen LogP contribution is 2.27. The van der Waals surface area contributed by atoms with E-state index in [1.54, 1.807) is 6.07 Å². The van der Waals surface area contributed by atoms with Crippen LogP contribution in [0.3, 0.4) is 0 Å². The van der Waals surface area contributed by atoms with Gasteiger partial charge in [0.1, 0.15) is 9.84 Å². The minimum absolute atomic E-state index is 0.250. The first kappa shape index (κ1) is 13.1. The van der Waals surface area contributed by atoms with E-state index in [2.05, 4.69) is 0 Å². The molecule has 1 N–H and O–H groups in total. The number of hydrogen-bond donors (Lipinski definition) is 1. The minimum atomic E-state index is -3.20. The number of aryl methyl sites for hydroxylation is 1. The van der Waals surface area contributed by atoms with Crippen LogP contribution in [0.1, 0.15) is 17.2 Å². The van der Waals surface area contributed by atoms with E-state index in [0.29, 0.717) is 5.56 Å². The van der Waals surface area contributed by atoms with Gasteiger partial charge in [0.15, 0.2) is 0 Å². The van der Waals surface area contributed by atoms with E-state index in [4.69, 9.17) is 0 Å². The number of rotatable bonds is 3. The number of sulfone groups is 1. The smallest absolute Gasteiger partial charge is 0.150 e. The van der Waals surface area contributed by atoms with Crippen molar-refractivity contribution in [3.63, 3.8) is 0 Å². The zero-order valence-electron chi connectivity index (χ0n) is 10.4. The molecule has 1 unspecified atom stereocenters. The summed E-state index contributed by atoms with van der Waals surface area (Å²) in [5.74, 6) is -0.250. The molecule has 0 fully saturated rings. The maximum Gasteiger partial charge on any atom is 0.150 e. The lowest BCUT2D eigenvalue weighted by atomic mass is 9.98. The third-order valence-corrected chi connectivity index (χ3v) is 3.92. The maximum atomic E-state index is 11.3. The van der Waals surface area contributed by atoms with Crippen LogP contribution in [-0.4, -0.2) is 25.5 Å². The van der Waals surface area contributed by atoms with Crippen molar-refractivity contribution >= 4 is 20.6 Å². The van der Waals surface area contributed by atoms with Gasteiger partial charge >= 0.3 is 0 Å². The molecule has 0 bridgehead atoms. The van der Waals surface area contributed by atoms with E-state index in [0.717, 1.165) is 22.6 Å². The second kappa shape index (κ2) is 4.71. The Morgan fingerprint density at radius 2 is 1.72 bits per heavy atom. The summed E-state index contributed by atoms with van der Waals surface area (Å²) in [5.41, 5.74) is 1.78. The van der Waals surface area contributed by atoms with Gasteiger partial charge in [-0.1, -0.05) is 36.4 Å². The highest BCUT2D eigenvalue weighted by molar-refractivity contribution is 7.90. The van der Waals surface area contributed by atoms with E-state index in [9.17, 15) is 13.5 Å². The molecule has 0 radical (unpaired) electrons. The Kier molecular flexibility index (Phi) is 3.41. The first-order valence-corrected chi connectivity index (χ1v) is 7.78. The van der Waals surface area contributed by atoms with E-state index < -0.39 is 15.9 Å². The van der Waals surface area contributed by atoms with Crippen LogP contribution in [0.5, 0.6) is 0 Å². The molecule has 4 heteroatoms. The largest absolute Gasteiger partial charge is 0.387 e. The summed E-state index contributed by atoms with van der Waals surface area (Å²) in [7, 11) is -3.20. The Hall–Kier alpha value is -1.39. The van der Waals surface area contributed by atoms with E-state index >= 15 is 0 Å². The molecule has 18 heavy (non-hydrogen) atoms. The molecule has 96 valence electrons. The van der Waals surface area contributed by atoms with Crippen molar-refractivity contribution in [2.24, 2.45) is 0 Å². The van der Waals surface area contributed by atoms with Crippen LogP contribution in [0.4, 0.5) is 0 Å².